The molecule has 2 fully saturated rings. The number of ether oxygens (including phenoxy) is 1. The minimum Gasteiger partial charge on any atom is -0.516 e. The molecule has 6 heteroatoms. The molecule has 0 spiro atoms. The first kappa shape index (κ1) is 17.8. The molecule has 1 amide bonds. The quantitative estimate of drug-likeness (QED) is 0.602. The highest BCUT2D eigenvalue weighted by molar-refractivity contribution is 5.93. The van der Waals surface area contributed by atoms with Gasteiger partial charge < -0.3 is 20.2 Å². The fourth-order valence-corrected chi connectivity index (χ4v) is 3.01. The summed E-state index contributed by atoms with van der Waals surface area (Å²) in [5, 5.41) is 16.7. The van der Waals surface area contributed by atoms with Crippen LogP contribution in [0.2, 0.25) is 0 Å². The van der Waals surface area contributed by atoms with E-state index >= 15 is 0 Å². The molecule has 2 N–H and O–H groups in total. The highest BCUT2D eigenvalue weighted by Gasteiger charge is 2.36. The van der Waals surface area contributed by atoms with Crippen LogP contribution in [0.3, 0.4) is 0 Å². The van der Waals surface area contributed by atoms with E-state index in [4.69, 9.17) is 15.3 Å². The van der Waals surface area contributed by atoms with Gasteiger partial charge in [-0.25, -0.2) is 4.79 Å². The molecule has 0 aromatic heterocycles. The monoisotopic (exact) mass is 323 g/mol. The Morgan fingerprint density at radius 3 is 2.30 bits per heavy atom. The van der Waals surface area contributed by atoms with Gasteiger partial charge in [-0.15, -0.1) is 0 Å². The lowest BCUT2D eigenvalue weighted by atomic mass is 10.0. The number of piperidine rings is 1. The van der Waals surface area contributed by atoms with E-state index < -0.39 is 5.60 Å². The lowest BCUT2D eigenvalue weighted by Gasteiger charge is -2.39. The third-order valence-corrected chi connectivity index (χ3v) is 4.23. The third-order valence-electron chi connectivity index (χ3n) is 4.23. The number of carbonyl (C=O) groups is 1. The second-order valence-corrected chi connectivity index (χ2v) is 7.44. The molecular formula is C17H29N3O3. The number of carbonyl (C=O) groups excluding carboxylic acids is 1. The van der Waals surface area contributed by atoms with Crippen LogP contribution in [0, 0.1) is 5.41 Å². The van der Waals surface area contributed by atoms with Gasteiger partial charge in [-0.1, -0.05) is 0 Å². The molecule has 0 atom stereocenters. The number of rotatable bonds is 5. The summed E-state index contributed by atoms with van der Waals surface area (Å²) in [7, 11) is 0. The lowest BCUT2D eigenvalue weighted by molar-refractivity contribution is 0.0147. The van der Waals surface area contributed by atoms with Crippen molar-refractivity contribution in [2.75, 3.05) is 19.6 Å². The molecule has 0 radical (unpaired) electrons. The van der Waals surface area contributed by atoms with Crippen LogP contribution in [0.1, 0.15) is 46.5 Å². The largest absolute Gasteiger partial charge is 0.516 e. The van der Waals surface area contributed by atoms with E-state index in [0.29, 0.717) is 37.4 Å². The molecule has 0 bridgehead atoms. The summed E-state index contributed by atoms with van der Waals surface area (Å²) in [6.07, 6.45) is 6.32. The van der Waals surface area contributed by atoms with Crippen LogP contribution in [0.4, 0.5) is 4.79 Å². The average molecular weight is 323 g/mol. The van der Waals surface area contributed by atoms with Crippen molar-refractivity contribution in [3.05, 3.63) is 12.3 Å². The van der Waals surface area contributed by atoms with Crippen molar-refractivity contribution >= 4 is 11.8 Å². The average Bonchev–Trinajstić information content (AvgIpc) is 3.28. The molecule has 2 aliphatic rings. The maximum Gasteiger partial charge on any atom is 0.410 e. The number of likely N-dealkylation sites (tertiary alicyclic amines) is 1. The van der Waals surface area contributed by atoms with Crippen molar-refractivity contribution in [1.29, 1.82) is 5.41 Å². The second kappa shape index (κ2) is 7.34. The van der Waals surface area contributed by atoms with Gasteiger partial charge in [0.15, 0.2) is 0 Å². The number of hydrogen-bond acceptors (Lipinski definition) is 5. The van der Waals surface area contributed by atoms with Crippen LogP contribution in [0.5, 0.6) is 0 Å². The summed E-state index contributed by atoms with van der Waals surface area (Å²) < 4.78 is 5.43. The SMILES string of the molecule is CC(C)(C)OC(=O)N1CCC(N(CC(=N)/C=C\O)C2CC2)CC1. The summed E-state index contributed by atoms with van der Waals surface area (Å²) >= 11 is 0. The minimum absolute atomic E-state index is 0.232. The Labute approximate surface area is 138 Å². The van der Waals surface area contributed by atoms with Gasteiger partial charge in [0.1, 0.15) is 5.60 Å². The van der Waals surface area contributed by atoms with Gasteiger partial charge in [-0.2, -0.15) is 0 Å². The van der Waals surface area contributed by atoms with E-state index in [1.807, 2.05) is 20.8 Å². The van der Waals surface area contributed by atoms with Crippen LogP contribution in [-0.2, 0) is 4.74 Å². The van der Waals surface area contributed by atoms with Crippen molar-refractivity contribution in [3.63, 3.8) is 0 Å². The summed E-state index contributed by atoms with van der Waals surface area (Å²) in [6.45, 7) is 7.61. The van der Waals surface area contributed by atoms with Crippen molar-refractivity contribution in [1.82, 2.24) is 9.80 Å². The number of aliphatic hydroxyl groups excluding tert-OH is 1. The summed E-state index contributed by atoms with van der Waals surface area (Å²) in [6, 6.07) is 0.953. The van der Waals surface area contributed by atoms with E-state index in [1.54, 1.807) is 4.90 Å². The Morgan fingerprint density at radius 1 is 1.26 bits per heavy atom. The molecule has 6 nitrogen and oxygen atoms in total. The zero-order valence-corrected chi connectivity index (χ0v) is 14.4. The number of hydrogen-bond donors (Lipinski definition) is 2. The Hall–Kier alpha value is -1.56. The lowest BCUT2D eigenvalue weighted by Crippen LogP contribution is -2.49. The molecule has 23 heavy (non-hydrogen) atoms. The number of amides is 1. The van der Waals surface area contributed by atoms with Gasteiger partial charge >= 0.3 is 6.09 Å². The summed E-state index contributed by atoms with van der Waals surface area (Å²) in [4.78, 5) is 16.3. The zero-order chi connectivity index (χ0) is 17.0. The summed E-state index contributed by atoms with van der Waals surface area (Å²) in [5.74, 6) is 0. The van der Waals surface area contributed by atoms with Gasteiger partial charge in [0.25, 0.3) is 0 Å². The number of nitrogens with zero attached hydrogens (tertiary/aromatic N) is 2. The van der Waals surface area contributed by atoms with Crippen LogP contribution >= 0.6 is 0 Å². The highest BCUT2D eigenvalue weighted by atomic mass is 16.6. The van der Waals surface area contributed by atoms with Gasteiger partial charge in [-0.3, -0.25) is 4.90 Å². The molecule has 0 aromatic rings. The molecule has 130 valence electrons. The molecule has 0 unspecified atom stereocenters. The topological polar surface area (TPSA) is 76.9 Å². The van der Waals surface area contributed by atoms with Gasteiger partial charge in [0, 0.05) is 37.4 Å². The molecule has 2 rings (SSSR count). The second-order valence-electron chi connectivity index (χ2n) is 7.44. The standard InChI is InChI=1S/C17H29N3O3/c1-17(2,3)23-16(22)19-9-6-15(7-10-19)20(14-4-5-14)12-13(18)8-11-21/h8,11,14-15,18,21H,4-7,9-10,12H2,1-3H3/b11-8-,18-13?. The van der Waals surface area contributed by atoms with Crippen molar-refractivity contribution in [2.24, 2.45) is 0 Å². The first-order valence-electron chi connectivity index (χ1n) is 8.42. The first-order valence-corrected chi connectivity index (χ1v) is 8.42. The molecular weight excluding hydrogens is 294 g/mol. The van der Waals surface area contributed by atoms with E-state index in [2.05, 4.69) is 4.90 Å². The fourth-order valence-electron chi connectivity index (χ4n) is 3.01. The molecule has 1 saturated heterocycles. The van der Waals surface area contributed by atoms with Crippen molar-refractivity contribution in [2.45, 2.75) is 64.1 Å². The normalized spacial score (nSPS) is 20.3. The molecule has 1 heterocycles. The third kappa shape index (κ3) is 5.53. The minimum atomic E-state index is -0.459. The van der Waals surface area contributed by atoms with Crippen LogP contribution in [0.15, 0.2) is 12.3 Å². The van der Waals surface area contributed by atoms with Crippen molar-refractivity contribution < 1.29 is 14.6 Å². The van der Waals surface area contributed by atoms with E-state index in [-0.39, 0.29) is 6.09 Å². The molecule has 1 saturated carbocycles. The predicted molar refractivity (Wildman–Crippen MR) is 90.1 cm³/mol. The van der Waals surface area contributed by atoms with E-state index in [9.17, 15) is 4.79 Å². The first-order chi connectivity index (χ1) is 10.8. The Kier molecular flexibility index (Phi) is 5.68. The van der Waals surface area contributed by atoms with Gasteiger partial charge in [0.05, 0.1) is 6.26 Å². The Balaban J connectivity index is 1.86. The van der Waals surface area contributed by atoms with Crippen LogP contribution < -0.4 is 0 Å². The molecule has 0 aromatic carbocycles. The maximum atomic E-state index is 12.1. The summed E-state index contributed by atoms with van der Waals surface area (Å²) in [5.41, 5.74) is -0.0337. The number of aliphatic hydroxyl groups is 1. The van der Waals surface area contributed by atoms with Gasteiger partial charge in [-0.05, 0) is 52.5 Å². The maximum absolute atomic E-state index is 12.1. The Bertz CT molecular complexity index is 458. The smallest absolute Gasteiger partial charge is 0.410 e. The van der Waals surface area contributed by atoms with Crippen molar-refractivity contribution in [3.8, 4) is 0 Å². The van der Waals surface area contributed by atoms with Crippen LogP contribution in [-0.4, -0.2) is 64.0 Å². The van der Waals surface area contributed by atoms with E-state index in [1.165, 1.54) is 18.9 Å². The number of nitrogens with one attached hydrogen (secondary N) is 1. The van der Waals surface area contributed by atoms with Crippen LogP contribution in [0.25, 0.3) is 0 Å². The van der Waals surface area contributed by atoms with E-state index in [0.717, 1.165) is 19.1 Å². The van der Waals surface area contributed by atoms with Gasteiger partial charge in [0.2, 0.25) is 0 Å². The fraction of sp³-hybridized carbons (Fsp3) is 0.765. The zero-order valence-electron chi connectivity index (χ0n) is 14.4. The predicted octanol–water partition coefficient (Wildman–Crippen LogP) is 2.94. The highest BCUT2D eigenvalue weighted by Crippen LogP contribution is 2.32. The Morgan fingerprint density at radius 2 is 1.83 bits per heavy atom. The molecule has 1 aliphatic heterocycles. The molecule has 1 aliphatic carbocycles.